The normalized spacial score (nSPS) is 15.2. The zero-order chi connectivity index (χ0) is 36.8. The number of thioether (sulfide) groups is 1. The van der Waals surface area contributed by atoms with Crippen LogP contribution in [0.15, 0.2) is 54.6 Å². The molecule has 0 saturated carbocycles. The molecule has 3 unspecified atom stereocenters. The Hall–Kier alpha value is -4.90. The molecule has 3 rings (SSSR count). The number of hydrogen-bond acceptors (Lipinski definition) is 10. The highest BCUT2D eigenvalue weighted by molar-refractivity contribution is 8.13. The van der Waals surface area contributed by atoms with Crippen molar-refractivity contribution in [2.75, 3.05) is 37.8 Å². The van der Waals surface area contributed by atoms with Gasteiger partial charge in [0.15, 0.2) is 5.12 Å². The van der Waals surface area contributed by atoms with E-state index in [1.165, 1.54) is 18.9 Å². The van der Waals surface area contributed by atoms with Crippen molar-refractivity contribution in [1.82, 2.24) is 15.1 Å². The SMILES string of the molecule is COC(=O)C(Cc1ccc(NC(=O)CN(CC(=O)N2CCCC2C#N)C(=O)OC(C)(C)C)cc1)NC(=O)C(CSC(C)=O)Cc1ccccc1. The minimum atomic E-state index is -1.01. The number of benzene rings is 2. The number of rotatable bonds is 14. The summed E-state index contributed by atoms with van der Waals surface area (Å²) >= 11 is 1.05. The lowest BCUT2D eigenvalue weighted by atomic mass is 9.99. The van der Waals surface area contributed by atoms with Gasteiger partial charge in [0, 0.05) is 31.3 Å². The molecule has 0 aliphatic carbocycles. The number of hydrogen-bond donors (Lipinski definition) is 2. The second-order valence-electron chi connectivity index (χ2n) is 12.9. The van der Waals surface area contributed by atoms with Gasteiger partial charge in [0.05, 0.1) is 19.1 Å². The number of esters is 1. The molecule has 268 valence electrons. The van der Waals surface area contributed by atoms with Crippen LogP contribution < -0.4 is 10.6 Å². The molecule has 1 aliphatic heterocycles. The average molecular weight is 708 g/mol. The molecule has 4 amide bonds. The highest BCUT2D eigenvalue weighted by atomic mass is 32.2. The molecule has 2 aromatic carbocycles. The maximum atomic E-state index is 13.4. The van der Waals surface area contributed by atoms with Crippen molar-refractivity contribution in [3.8, 4) is 6.07 Å². The van der Waals surface area contributed by atoms with E-state index in [4.69, 9.17) is 9.47 Å². The third kappa shape index (κ3) is 12.9. The number of carbonyl (C=O) groups is 6. The Morgan fingerprint density at radius 2 is 1.66 bits per heavy atom. The van der Waals surface area contributed by atoms with Gasteiger partial charge in [-0.05, 0) is 63.3 Å². The molecule has 0 bridgehead atoms. The molecule has 0 spiro atoms. The molecular weight excluding hydrogens is 662 g/mol. The van der Waals surface area contributed by atoms with Gasteiger partial charge in [-0.3, -0.25) is 24.1 Å². The number of ether oxygens (including phenoxy) is 2. The third-order valence-corrected chi connectivity index (χ3v) is 8.67. The second kappa shape index (κ2) is 18.7. The third-order valence-electron chi connectivity index (χ3n) is 7.70. The number of nitrogens with zero attached hydrogens (tertiary/aromatic N) is 3. The summed E-state index contributed by atoms with van der Waals surface area (Å²) in [7, 11) is 1.23. The first-order chi connectivity index (χ1) is 23.7. The summed E-state index contributed by atoms with van der Waals surface area (Å²) in [6.45, 7) is 5.94. The fourth-order valence-corrected chi connectivity index (χ4v) is 5.97. The lowest BCUT2D eigenvalue weighted by Crippen LogP contribution is -2.48. The van der Waals surface area contributed by atoms with Crippen LogP contribution in [0, 0.1) is 17.2 Å². The van der Waals surface area contributed by atoms with E-state index in [0.29, 0.717) is 37.1 Å². The smallest absolute Gasteiger partial charge is 0.411 e. The lowest BCUT2D eigenvalue weighted by molar-refractivity contribution is -0.145. The minimum absolute atomic E-state index is 0.0965. The molecule has 1 fully saturated rings. The number of nitrogens with one attached hydrogen (secondary N) is 2. The summed E-state index contributed by atoms with van der Waals surface area (Å²) < 4.78 is 10.4. The molecule has 50 heavy (non-hydrogen) atoms. The van der Waals surface area contributed by atoms with Gasteiger partial charge in [-0.2, -0.15) is 5.26 Å². The number of likely N-dealkylation sites (tertiary alicyclic amines) is 1. The number of amides is 4. The predicted octanol–water partition coefficient (Wildman–Crippen LogP) is 3.72. The van der Waals surface area contributed by atoms with E-state index >= 15 is 0 Å². The molecule has 0 aromatic heterocycles. The topological polar surface area (TPSA) is 175 Å². The highest BCUT2D eigenvalue weighted by Crippen LogP contribution is 2.19. The van der Waals surface area contributed by atoms with E-state index in [1.54, 1.807) is 45.0 Å². The fraction of sp³-hybridized carbons (Fsp3) is 0.472. The number of anilines is 1. The molecule has 1 heterocycles. The summed E-state index contributed by atoms with van der Waals surface area (Å²) in [5, 5.41) is 14.8. The molecule has 2 N–H and O–H groups in total. The largest absolute Gasteiger partial charge is 0.467 e. The summed E-state index contributed by atoms with van der Waals surface area (Å²) in [5.74, 6) is -2.38. The summed E-state index contributed by atoms with van der Waals surface area (Å²) in [5.41, 5.74) is 1.10. The Kier molecular flexibility index (Phi) is 14.8. The maximum absolute atomic E-state index is 13.4. The standard InChI is InChI=1S/C36H45N5O8S/c1-24(42)50-23-27(18-25-10-7-6-8-11-25)33(45)39-30(34(46)48-5)19-26-13-15-28(16-14-26)38-31(43)21-40(35(47)49-36(2,3)4)22-32(44)41-17-9-12-29(41)20-37/h6-8,10-11,13-16,27,29-30H,9,12,17-19,21-23H2,1-5H3,(H,38,43)(H,39,45). The van der Waals surface area contributed by atoms with Crippen molar-refractivity contribution >= 4 is 52.3 Å². The zero-order valence-corrected chi connectivity index (χ0v) is 29.9. The van der Waals surface area contributed by atoms with Crippen LogP contribution in [0.5, 0.6) is 0 Å². The van der Waals surface area contributed by atoms with Crippen LogP contribution in [-0.2, 0) is 46.3 Å². The molecule has 3 atom stereocenters. The van der Waals surface area contributed by atoms with Crippen molar-refractivity contribution in [2.45, 2.75) is 71.1 Å². The second-order valence-corrected chi connectivity index (χ2v) is 14.1. The Morgan fingerprint density at radius 3 is 2.26 bits per heavy atom. The van der Waals surface area contributed by atoms with Crippen LogP contribution in [0.2, 0.25) is 0 Å². The summed E-state index contributed by atoms with van der Waals surface area (Å²) in [6, 6.07) is 16.5. The van der Waals surface area contributed by atoms with Crippen molar-refractivity contribution in [1.29, 1.82) is 5.26 Å². The Morgan fingerprint density at radius 1 is 1.00 bits per heavy atom. The van der Waals surface area contributed by atoms with Crippen LogP contribution in [0.4, 0.5) is 10.5 Å². The van der Waals surface area contributed by atoms with E-state index in [2.05, 4.69) is 16.7 Å². The van der Waals surface area contributed by atoms with Crippen LogP contribution in [-0.4, -0.2) is 94.9 Å². The van der Waals surface area contributed by atoms with E-state index in [0.717, 1.165) is 22.2 Å². The molecule has 2 aromatic rings. The first-order valence-corrected chi connectivity index (χ1v) is 17.3. The first-order valence-electron chi connectivity index (χ1n) is 16.3. The monoisotopic (exact) mass is 707 g/mol. The fourth-order valence-electron chi connectivity index (χ4n) is 5.27. The minimum Gasteiger partial charge on any atom is -0.467 e. The molecule has 1 saturated heterocycles. The van der Waals surface area contributed by atoms with Crippen molar-refractivity contribution < 1.29 is 38.2 Å². The van der Waals surface area contributed by atoms with E-state index in [9.17, 15) is 34.0 Å². The highest BCUT2D eigenvalue weighted by Gasteiger charge is 2.33. The van der Waals surface area contributed by atoms with Gasteiger partial charge in [-0.25, -0.2) is 9.59 Å². The Bertz CT molecular complexity index is 1550. The van der Waals surface area contributed by atoms with Gasteiger partial charge in [-0.15, -0.1) is 0 Å². The van der Waals surface area contributed by atoms with Gasteiger partial charge in [-0.1, -0.05) is 54.2 Å². The van der Waals surface area contributed by atoms with Gasteiger partial charge in [0.25, 0.3) is 0 Å². The van der Waals surface area contributed by atoms with Crippen LogP contribution >= 0.6 is 11.8 Å². The summed E-state index contributed by atoms with van der Waals surface area (Å²) in [6.07, 6.45) is 0.861. The molecule has 1 aliphatic rings. The van der Waals surface area contributed by atoms with Gasteiger partial charge in [0.1, 0.15) is 30.8 Å². The molecular formula is C36H45N5O8S. The Balaban J connectivity index is 1.67. The van der Waals surface area contributed by atoms with E-state index in [-0.39, 0.29) is 23.2 Å². The number of nitriles is 1. The first kappa shape index (κ1) is 39.5. The molecule has 0 radical (unpaired) electrons. The van der Waals surface area contributed by atoms with Crippen molar-refractivity contribution in [3.63, 3.8) is 0 Å². The Labute approximate surface area is 297 Å². The van der Waals surface area contributed by atoms with Crippen LogP contribution in [0.25, 0.3) is 0 Å². The van der Waals surface area contributed by atoms with Crippen LogP contribution in [0.1, 0.15) is 51.7 Å². The van der Waals surface area contributed by atoms with Gasteiger partial charge >= 0.3 is 12.1 Å². The average Bonchev–Trinajstić information content (AvgIpc) is 3.55. The van der Waals surface area contributed by atoms with E-state index in [1.807, 2.05) is 30.3 Å². The zero-order valence-electron chi connectivity index (χ0n) is 29.1. The number of carbonyl (C=O) groups excluding carboxylic acids is 6. The lowest BCUT2D eigenvalue weighted by Gasteiger charge is -2.28. The quantitative estimate of drug-likeness (QED) is 0.276. The van der Waals surface area contributed by atoms with Gasteiger partial charge in [0.2, 0.25) is 17.7 Å². The van der Waals surface area contributed by atoms with Crippen LogP contribution in [0.3, 0.4) is 0 Å². The maximum Gasteiger partial charge on any atom is 0.411 e. The van der Waals surface area contributed by atoms with Crippen molar-refractivity contribution in [2.24, 2.45) is 5.92 Å². The van der Waals surface area contributed by atoms with Crippen molar-refractivity contribution in [3.05, 3.63) is 65.7 Å². The van der Waals surface area contributed by atoms with Gasteiger partial charge < -0.3 is 25.0 Å². The molecule has 13 nitrogen and oxygen atoms in total. The summed E-state index contributed by atoms with van der Waals surface area (Å²) in [4.78, 5) is 79.2. The van der Waals surface area contributed by atoms with E-state index < -0.39 is 60.6 Å². The molecule has 14 heteroatoms. The number of methoxy groups -OCH3 is 1. The predicted molar refractivity (Wildman–Crippen MR) is 188 cm³/mol.